The number of aliphatic carboxylic acids is 1. The Morgan fingerprint density at radius 3 is 1.52 bits per heavy atom. The fourth-order valence-electron chi connectivity index (χ4n) is 2.33. The molecule has 0 aromatic heterocycles. The van der Waals surface area contributed by atoms with E-state index in [4.69, 9.17) is 19.3 Å². The van der Waals surface area contributed by atoms with Crippen LogP contribution in [-0.4, -0.2) is 67.3 Å². The van der Waals surface area contributed by atoms with Crippen LogP contribution in [0.5, 0.6) is 0 Å². The third-order valence-electron chi connectivity index (χ3n) is 3.90. The van der Waals surface area contributed by atoms with Crippen molar-refractivity contribution in [1.29, 1.82) is 0 Å². The van der Waals surface area contributed by atoms with Gasteiger partial charge in [-0.15, -0.1) is 0 Å². The van der Waals surface area contributed by atoms with Gasteiger partial charge in [-0.3, -0.25) is 0 Å². The normalized spacial score (nSPS) is 11.0. The number of ether oxygens (including phenoxy) is 3. The van der Waals surface area contributed by atoms with Crippen LogP contribution < -0.4 is 0 Å². The van der Waals surface area contributed by atoms with Crippen LogP contribution in [0.15, 0.2) is 36.5 Å². The first-order chi connectivity index (χ1) is 14.5. The van der Waals surface area contributed by atoms with Crippen molar-refractivity contribution < 1.29 is 43.1 Å². The van der Waals surface area contributed by atoms with Crippen molar-refractivity contribution in [2.45, 2.75) is 33.1 Å². The highest BCUT2D eigenvalue weighted by atomic mass is 31.2. The molecule has 0 rings (SSSR count). The van der Waals surface area contributed by atoms with Crippen molar-refractivity contribution >= 4 is 31.0 Å². The molecule has 0 aromatic rings. The summed E-state index contributed by atoms with van der Waals surface area (Å²) >= 11 is 0. The summed E-state index contributed by atoms with van der Waals surface area (Å²) in [6, 6.07) is 0. The highest BCUT2D eigenvalue weighted by Gasteiger charge is 2.22. The molecule has 9 nitrogen and oxygen atoms in total. The number of esters is 3. The second-order valence-electron chi connectivity index (χ2n) is 6.96. The van der Waals surface area contributed by atoms with Gasteiger partial charge < -0.3 is 23.9 Å². The van der Waals surface area contributed by atoms with E-state index in [0.29, 0.717) is 37.7 Å². The predicted molar refractivity (Wildman–Crippen MR) is 115 cm³/mol. The Balaban J connectivity index is 4.60. The maximum Gasteiger partial charge on any atom is 0.333 e. The third-order valence-corrected chi connectivity index (χ3v) is 7.29. The summed E-state index contributed by atoms with van der Waals surface area (Å²) in [7, 11) is -2.71. The molecule has 0 amide bonds. The molecule has 0 unspecified atom stereocenters. The van der Waals surface area contributed by atoms with Crippen LogP contribution in [-0.2, 0) is 38.0 Å². The Morgan fingerprint density at radius 1 is 0.774 bits per heavy atom. The summed E-state index contributed by atoms with van der Waals surface area (Å²) in [5, 5.41) is 8.47. The van der Waals surface area contributed by atoms with Gasteiger partial charge in [-0.25, -0.2) is 19.2 Å². The predicted octanol–water partition coefficient (Wildman–Crippen LogP) is 2.94. The summed E-state index contributed by atoms with van der Waals surface area (Å²) in [5.74, 6) is -3.08. The number of carbonyl (C=O) groups excluding carboxylic acids is 3. The van der Waals surface area contributed by atoms with Gasteiger partial charge in [0.25, 0.3) is 0 Å². The van der Waals surface area contributed by atoms with Gasteiger partial charge in [0.1, 0.15) is 0 Å². The lowest BCUT2D eigenvalue weighted by Gasteiger charge is -2.18. The lowest BCUT2D eigenvalue weighted by atomic mass is 10.4. The summed E-state index contributed by atoms with van der Waals surface area (Å²) in [6.45, 7) is 10.2. The van der Waals surface area contributed by atoms with E-state index in [1.807, 2.05) is 0 Å². The summed E-state index contributed by atoms with van der Waals surface area (Å²) in [6.07, 6.45) is 3.49. The van der Waals surface area contributed by atoms with Gasteiger partial charge in [0, 0.05) is 41.8 Å². The third kappa shape index (κ3) is 14.9. The van der Waals surface area contributed by atoms with E-state index >= 15 is 0 Å². The summed E-state index contributed by atoms with van der Waals surface area (Å²) < 4.78 is 28.2. The quantitative estimate of drug-likeness (QED) is 0.122. The summed E-state index contributed by atoms with van der Waals surface area (Å²) in [4.78, 5) is 44.6. The smallest absolute Gasteiger partial charge is 0.333 e. The molecule has 10 heteroatoms. The Hall–Kier alpha value is -2.67. The van der Waals surface area contributed by atoms with Gasteiger partial charge in [-0.1, -0.05) is 13.2 Å². The Kier molecular flexibility index (Phi) is 13.9. The van der Waals surface area contributed by atoms with E-state index in [1.54, 1.807) is 0 Å². The molecule has 0 aliphatic heterocycles. The van der Waals surface area contributed by atoms with Crippen molar-refractivity contribution in [3.05, 3.63) is 36.5 Å². The van der Waals surface area contributed by atoms with E-state index in [1.165, 1.54) is 13.8 Å². The molecule has 0 aromatic carbocycles. The Bertz CT molecular complexity index is 714. The van der Waals surface area contributed by atoms with Gasteiger partial charge in [-0.05, 0) is 33.1 Å². The van der Waals surface area contributed by atoms with Gasteiger partial charge >= 0.3 is 23.9 Å². The van der Waals surface area contributed by atoms with Crippen LogP contribution in [0.1, 0.15) is 33.1 Å². The molecule has 1 N–H and O–H groups in total. The Labute approximate surface area is 182 Å². The molecule has 0 heterocycles. The minimum absolute atomic E-state index is 0.0118. The maximum atomic E-state index is 13.3. The van der Waals surface area contributed by atoms with Crippen LogP contribution in [0.4, 0.5) is 0 Å². The number of carboxylic acid groups (broad SMARTS) is 1. The fraction of sp³-hybridized carbons (Fsp3) is 0.524. The van der Waals surface area contributed by atoms with Crippen LogP contribution in [0.3, 0.4) is 0 Å². The van der Waals surface area contributed by atoms with Gasteiger partial charge in [0.05, 0.1) is 27.0 Å². The van der Waals surface area contributed by atoms with E-state index in [9.17, 15) is 23.7 Å². The van der Waals surface area contributed by atoms with E-state index in [-0.39, 0.29) is 37.1 Å². The zero-order valence-corrected chi connectivity index (χ0v) is 19.0. The number of carbonyl (C=O) groups is 4. The van der Waals surface area contributed by atoms with Crippen LogP contribution in [0.25, 0.3) is 0 Å². The Morgan fingerprint density at radius 2 is 1.16 bits per heavy atom. The molecule has 0 atom stereocenters. The average Bonchev–Trinajstić information content (AvgIpc) is 2.69. The monoisotopic (exact) mass is 458 g/mol. The van der Waals surface area contributed by atoms with Crippen molar-refractivity contribution in [3.8, 4) is 0 Å². The van der Waals surface area contributed by atoms with Crippen molar-refractivity contribution in [1.82, 2.24) is 0 Å². The van der Waals surface area contributed by atoms with E-state index in [2.05, 4.69) is 13.2 Å². The number of carboxylic acids is 1. The molecule has 0 saturated heterocycles. The van der Waals surface area contributed by atoms with Crippen LogP contribution in [0, 0.1) is 0 Å². The van der Waals surface area contributed by atoms with Gasteiger partial charge in [0.15, 0.2) is 0 Å². The lowest BCUT2D eigenvalue weighted by Crippen LogP contribution is -2.12. The first kappa shape index (κ1) is 28.3. The molecular formula is C21H31O9P. The van der Waals surface area contributed by atoms with Crippen molar-refractivity contribution in [3.63, 3.8) is 0 Å². The standard InChI is InChI=1S/C21H31O9P/c1-16(2)20(25)29-11-6-14-31(27,15-7-12-30-21(26)17(3)4)13-5-10-28-19(24)9-8-18(22)23/h8-9H,1,3,5-7,10-15H2,2,4H3,(H,22,23)/b9-8-. The molecule has 0 bridgehead atoms. The minimum Gasteiger partial charge on any atom is -0.478 e. The first-order valence-electron chi connectivity index (χ1n) is 9.77. The van der Waals surface area contributed by atoms with E-state index < -0.39 is 31.0 Å². The minimum atomic E-state index is -2.71. The highest BCUT2D eigenvalue weighted by molar-refractivity contribution is 7.63. The summed E-state index contributed by atoms with van der Waals surface area (Å²) in [5.41, 5.74) is 0.558. The molecule has 0 spiro atoms. The molecule has 31 heavy (non-hydrogen) atoms. The van der Waals surface area contributed by atoms with E-state index in [0.717, 1.165) is 6.08 Å². The molecule has 0 saturated carbocycles. The molecule has 0 aliphatic carbocycles. The molecule has 0 radical (unpaired) electrons. The largest absolute Gasteiger partial charge is 0.478 e. The average molecular weight is 458 g/mol. The first-order valence-corrected chi connectivity index (χ1v) is 12.0. The lowest BCUT2D eigenvalue weighted by molar-refractivity contribution is -0.139. The van der Waals surface area contributed by atoms with Crippen LogP contribution in [0.2, 0.25) is 0 Å². The SMILES string of the molecule is C=C(C)C(=O)OCCCP(=O)(CCCOC(=O)/C=C\C(=O)O)CCCOC(=O)C(=C)C. The zero-order chi connectivity index (χ0) is 23.9. The molecule has 0 aliphatic rings. The van der Waals surface area contributed by atoms with Crippen molar-refractivity contribution in [2.75, 3.05) is 38.3 Å². The topological polar surface area (TPSA) is 133 Å². The highest BCUT2D eigenvalue weighted by Crippen LogP contribution is 2.47. The fourth-order valence-corrected chi connectivity index (χ4v) is 5.12. The second-order valence-corrected chi connectivity index (χ2v) is 10.4. The van der Waals surface area contributed by atoms with Gasteiger partial charge in [-0.2, -0.15) is 0 Å². The molecule has 174 valence electrons. The number of hydrogen-bond acceptors (Lipinski definition) is 8. The zero-order valence-electron chi connectivity index (χ0n) is 18.1. The number of hydrogen-bond donors (Lipinski definition) is 1. The molecular weight excluding hydrogens is 427 g/mol. The number of rotatable bonds is 16. The van der Waals surface area contributed by atoms with Crippen molar-refractivity contribution in [2.24, 2.45) is 0 Å². The molecule has 0 fully saturated rings. The second kappa shape index (κ2) is 15.2. The van der Waals surface area contributed by atoms with Crippen LogP contribution >= 0.6 is 7.14 Å². The van der Waals surface area contributed by atoms with Gasteiger partial charge in [0.2, 0.25) is 0 Å². The maximum absolute atomic E-state index is 13.3.